The normalized spacial score (nSPS) is 10.9. The standard InChI is InChI=1S/C15H10ClFN2O3S/c1-19-10-4-5-23-13(10)12(20)11(15(19)22)14(21)18-7-2-3-9(17)8(16)6-7/h2-6,20H,1H3,(H,18,21). The number of aryl methyl sites for hydroxylation is 1. The van der Waals surface area contributed by atoms with E-state index in [4.69, 9.17) is 11.6 Å². The summed E-state index contributed by atoms with van der Waals surface area (Å²) < 4.78 is 14.9. The second-order valence-electron chi connectivity index (χ2n) is 4.81. The van der Waals surface area contributed by atoms with Crippen LogP contribution in [0.25, 0.3) is 10.2 Å². The maximum Gasteiger partial charge on any atom is 0.267 e. The Morgan fingerprint density at radius 2 is 2.13 bits per heavy atom. The highest BCUT2D eigenvalue weighted by molar-refractivity contribution is 7.17. The van der Waals surface area contributed by atoms with Crippen molar-refractivity contribution >= 4 is 44.7 Å². The number of fused-ring (bicyclic) bond motifs is 1. The van der Waals surface area contributed by atoms with Gasteiger partial charge in [0.25, 0.3) is 11.5 Å². The van der Waals surface area contributed by atoms with Gasteiger partial charge in [0.15, 0.2) is 5.75 Å². The fraction of sp³-hybridized carbons (Fsp3) is 0.0667. The minimum atomic E-state index is -0.791. The van der Waals surface area contributed by atoms with Crippen molar-refractivity contribution < 1.29 is 14.3 Å². The Labute approximate surface area is 138 Å². The first-order valence-electron chi connectivity index (χ1n) is 6.45. The van der Waals surface area contributed by atoms with E-state index >= 15 is 0 Å². The molecule has 0 bridgehead atoms. The SMILES string of the molecule is Cn1c(=O)c(C(=O)Nc2ccc(F)c(Cl)c2)c(O)c2sccc21. The molecule has 1 amide bonds. The van der Waals surface area contributed by atoms with Gasteiger partial charge in [-0.2, -0.15) is 0 Å². The number of pyridine rings is 1. The lowest BCUT2D eigenvalue weighted by Crippen LogP contribution is -2.27. The summed E-state index contributed by atoms with van der Waals surface area (Å²) in [6, 6.07) is 5.31. The number of benzene rings is 1. The highest BCUT2D eigenvalue weighted by atomic mass is 35.5. The number of nitrogens with one attached hydrogen (secondary N) is 1. The maximum atomic E-state index is 13.1. The summed E-state index contributed by atoms with van der Waals surface area (Å²) >= 11 is 6.87. The van der Waals surface area contributed by atoms with E-state index in [1.165, 1.54) is 35.1 Å². The molecule has 2 heterocycles. The van der Waals surface area contributed by atoms with Crippen molar-refractivity contribution in [2.24, 2.45) is 7.05 Å². The Morgan fingerprint density at radius 3 is 2.83 bits per heavy atom. The predicted molar refractivity (Wildman–Crippen MR) is 88.1 cm³/mol. The highest BCUT2D eigenvalue weighted by Gasteiger charge is 2.22. The molecular weight excluding hydrogens is 343 g/mol. The lowest BCUT2D eigenvalue weighted by atomic mass is 10.2. The van der Waals surface area contributed by atoms with Gasteiger partial charge in [-0.05, 0) is 29.6 Å². The number of thiophene rings is 1. The van der Waals surface area contributed by atoms with E-state index in [-0.39, 0.29) is 22.0 Å². The van der Waals surface area contributed by atoms with E-state index in [2.05, 4.69) is 5.32 Å². The summed E-state index contributed by atoms with van der Waals surface area (Å²) in [6.07, 6.45) is 0. The zero-order valence-corrected chi connectivity index (χ0v) is 13.3. The average molecular weight is 353 g/mol. The molecule has 0 unspecified atom stereocenters. The van der Waals surface area contributed by atoms with Crippen molar-refractivity contribution in [3.8, 4) is 5.75 Å². The molecule has 118 valence electrons. The van der Waals surface area contributed by atoms with Crippen LogP contribution in [-0.4, -0.2) is 15.6 Å². The smallest absolute Gasteiger partial charge is 0.267 e. The molecule has 5 nitrogen and oxygen atoms in total. The first-order valence-corrected chi connectivity index (χ1v) is 7.71. The molecule has 23 heavy (non-hydrogen) atoms. The lowest BCUT2D eigenvalue weighted by Gasteiger charge is -2.10. The van der Waals surface area contributed by atoms with Gasteiger partial charge >= 0.3 is 0 Å². The number of nitrogens with zero attached hydrogens (tertiary/aromatic N) is 1. The fourth-order valence-corrected chi connectivity index (χ4v) is 3.26. The number of anilines is 1. The van der Waals surface area contributed by atoms with E-state index in [0.29, 0.717) is 10.2 Å². The van der Waals surface area contributed by atoms with E-state index in [1.54, 1.807) is 11.4 Å². The van der Waals surface area contributed by atoms with Gasteiger partial charge in [0.2, 0.25) is 0 Å². The van der Waals surface area contributed by atoms with Crippen molar-refractivity contribution in [1.82, 2.24) is 4.57 Å². The van der Waals surface area contributed by atoms with Crippen molar-refractivity contribution in [3.05, 3.63) is 56.4 Å². The second kappa shape index (κ2) is 5.68. The first-order chi connectivity index (χ1) is 10.9. The molecule has 0 fully saturated rings. The number of rotatable bonds is 2. The minimum absolute atomic E-state index is 0.159. The number of carbonyl (C=O) groups is 1. The third kappa shape index (κ3) is 2.58. The largest absolute Gasteiger partial charge is 0.505 e. The van der Waals surface area contributed by atoms with Crippen LogP contribution in [0.5, 0.6) is 5.75 Å². The van der Waals surface area contributed by atoms with Crippen LogP contribution in [0.2, 0.25) is 5.02 Å². The zero-order valence-electron chi connectivity index (χ0n) is 11.8. The molecule has 1 aromatic carbocycles. The van der Waals surface area contributed by atoms with Crippen LogP contribution in [0, 0.1) is 5.82 Å². The van der Waals surface area contributed by atoms with Gasteiger partial charge in [0.05, 0.1) is 15.2 Å². The molecule has 0 saturated carbocycles. The molecule has 0 radical (unpaired) electrons. The predicted octanol–water partition coefficient (Wildman–Crippen LogP) is 3.35. The summed E-state index contributed by atoms with van der Waals surface area (Å²) in [6.45, 7) is 0. The van der Waals surface area contributed by atoms with Crippen LogP contribution in [-0.2, 0) is 7.05 Å². The number of hydrogen-bond donors (Lipinski definition) is 2. The molecule has 0 aliphatic carbocycles. The number of carbonyl (C=O) groups excluding carboxylic acids is 1. The van der Waals surface area contributed by atoms with Crippen LogP contribution in [0.15, 0.2) is 34.4 Å². The van der Waals surface area contributed by atoms with E-state index < -0.39 is 17.3 Å². The lowest BCUT2D eigenvalue weighted by molar-refractivity contribution is 0.102. The highest BCUT2D eigenvalue weighted by Crippen LogP contribution is 2.31. The van der Waals surface area contributed by atoms with Gasteiger partial charge in [-0.25, -0.2) is 4.39 Å². The van der Waals surface area contributed by atoms with Gasteiger partial charge in [-0.3, -0.25) is 9.59 Å². The molecular formula is C15H10ClFN2O3S. The van der Waals surface area contributed by atoms with E-state index in [0.717, 1.165) is 6.07 Å². The molecule has 8 heteroatoms. The van der Waals surface area contributed by atoms with Crippen LogP contribution < -0.4 is 10.9 Å². The second-order valence-corrected chi connectivity index (χ2v) is 6.13. The third-order valence-electron chi connectivity index (χ3n) is 3.38. The van der Waals surface area contributed by atoms with Crippen molar-refractivity contribution in [2.45, 2.75) is 0 Å². The topological polar surface area (TPSA) is 71.3 Å². The van der Waals surface area contributed by atoms with Gasteiger partial charge in [0.1, 0.15) is 11.4 Å². The molecule has 0 aliphatic heterocycles. The molecule has 0 saturated heterocycles. The Bertz CT molecular complexity index is 996. The quantitative estimate of drug-likeness (QED) is 0.743. The third-order valence-corrected chi connectivity index (χ3v) is 4.58. The number of halogens is 2. The van der Waals surface area contributed by atoms with Gasteiger partial charge < -0.3 is 15.0 Å². The average Bonchev–Trinajstić information content (AvgIpc) is 2.99. The van der Waals surface area contributed by atoms with Crippen LogP contribution in [0.1, 0.15) is 10.4 Å². The molecule has 2 N–H and O–H groups in total. The Balaban J connectivity index is 2.07. The summed E-state index contributed by atoms with van der Waals surface area (Å²) in [5, 5.41) is 14.2. The number of hydrogen-bond acceptors (Lipinski definition) is 4. The first kappa shape index (κ1) is 15.5. The zero-order chi connectivity index (χ0) is 16.7. The maximum absolute atomic E-state index is 13.1. The van der Waals surface area contributed by atoms with Crippen molar-refractivity contribution in [1.29, 1.82) is 0 Å². The molecule has 0 aliphatic rings. The fourth-order valence-electron chi connectivity index (χ4n) is 2.21. The van der Waals surface area contributed by atoms with Crippen molar-refractivity contribution in [2.75, 3.05) is 5.32 Å². The van der Waals surface area contributed by atoms with Crippen LogP contribution in [0.3, 0.4) is 0 Å². The van der Waals surface area contributed by atoms with Crippen molar-refractivity contribution in [3.63, 3.8) is 0 Å². The summed E-state index contributed by atoms with van der Waals surface area (Å²) in [4.78, 5) is 24.7. The minimum Gasteiger partial charge on any atom is -0.505 e. The van der Waals surface area contributed by atoms with E-state index in [1.807, 2.05) is 0 Å². The number of aromatic hydroxyl groups is 1. The molecule has 0 spiro atoms. The Morgan fingerprint density at radius 1 is 1.39 bits per heavy atom. The molecule has 3 aromatic rings. The number of amides is 1. The number of aromatic nitrogens is 1. The Hall–Kier alpha value is -2.38. The van der Waals surface area contributed by atoms with Crippen LogP contribution in [0.4, 0.5) is 10.1 Å². The summed E-state index contributed by atoms with van der Waals surface area (Å²) in [7, 11) is 1.52. The van der Waals surface area contributed by atoms with E-state index in [9.17, 15) is 19.1 Å². The summed E-state index contributed by atoms with van der Waals surface area (Å²) in [5.74, 6) is -1.78. The van der Waals surface area contributed by atoms with Gasteiger partial charge in [-0.15, -0.1) is 11.3 Å². The molecule has 2 aromatic heterocycles. The molecule has 3 rings (SSSR count). The molecule has 0 atom stereocenters. The van der Waals surface area contributed by atoms with Crippen LogP contribution >= 0.6 is 22.9 Å². The Kier molecular flexibility index (Phi) is 3.83. The van der Waals surface area contributed by atoms with Gasteiger partial charge in [-0.1, -0.05) is 11.6 Å². The monoisotopic (exact) mass is 352 g/mol. The van der Waals surface area contributed by atoms with Gasteiger partial charge in [0, 0.05) is 12.7 Å². The summed E-state index contributed by atoms with van der Waals surface area (Å²) in [5.41, 5.74) is -0.241.